The Balaban J connectivity index is 0. The first-order valence-electron chi connectivity index (χ1n) is 13.4. The van der Waals surface area contributed by atoms with Crippen LogP contribution in [0.5, 0.6) is 0 Å². The molecule has 1 fully saturated rings. The number of methoxy groups -OCH3 is 1. The fourth-order valence-electron chi connectivity index (χ4n) is 2.66. The van der Waals surface area contributed by atoms with Gasteiger partial charge in [-0.2, -0.15) is 0 Å². The van der Waals surface area contributed by atoms with Gasteiger partial charge in [0.25, 0.3) is 0 Å². The van der Waals surface area contributed by atoms with Crippen LogP contribution in [0, 0.1) is 13.8 Å². The molecule has 0 spiro atoms. The van der Waals surface area contributed by atoms with E-state index in [1.807, 2.05) is 20.8 Å². The van der Waals surface area contributed by atoms with E-state index >= 15 is 0 Å². The maximum Gasteiger partial charge on any atom is 0.308 e. The lowest BCUT2D eigenvalue weighted by molar-refractivity contribution is -0.167. The van der Waals surface area contributed by atoms with Crippen molar-refractivity contribution in [1.82, 2.24) is 5.06 Å². The fourth-order valence-corrected chi connectivity index (χ4v) is 2.66. The number of amides is 1. The quantitative estimate of drug-likeness (QED) is 0.272. The van der Waals surface area contributed by atoms with Crippen molar-refractivity contribution in [3.63, 3.8) is 0 Å². The van der Waals surface area contributed by atoms with Crippen molar-refractivity contribution in [1.29, 1.82) is 0 Å². The molecule has 10 heteroatoms. The molecular formula is C29H51NO9. The van der Waals surface area contributed by atoms with Crippen LogP contribution in [-0.2, 0) is 42.9 Å². The Morgan fingerprint density at radius 2 is 1.56 bits per heavy atom. The van der Waals surface area contributed by atoms with E-state index in [4.69, 9.17) is 23.8 Å². The second-order valence-corrected chi connectivity index (χ2v) is 8.61. The Labute approximate surface area is 235 Å². The lowest BCUT2D eigenvalue weighted by Gasteiger charge is -2.15. The molecule has 226 valence electrons. The molecule has 1 amide bonds. The second-order valence-electron chi connectivity index (χ2n) is 8.61. The maximum absolute atomic E-state index is 10.6. The molecule has 10 nitrogen and oxygen atoms in total. The molecule has 39 heavy (non-hydrogen) atoms. The van der Waals surface area contributed by atoms with Crippen molar-refractivity contribution in [3.8, 4) is 0 Å². The Morgan fingerprint density at radius 3 is 1.95 bits per heavy atom. The zero-order valence-electron chi connectivity index (χ0n) is 25.4. The number of esters is 2. The Morgan fingerprint density at radius 1 is 0.949 bits per heavy atom. The van der Waals surface area contributed by atoms with Gasteiger partial charge in [0, 0.05) is 33.6 Å². The van der Waals surface area contributed by atoms with E-state index in [9.17, 15) is 14.4 Å². The number of nitrogens with zero attached hydrogens (tertiary/aromatic N) is 1. The number of hydroxylamine groups is 2. The minimum absolute atomic E-state index is 0.0692. The van der Waals surface area contributed by atoms with Gasteiger partial charge in [0.05, 0.1) is 45.6 Å². The standard InChI is InChI=1S/C9H18O4.C8H10.C7H14O3.C5H9NO2/c1-7(11-4)5-12-8(2)6-13-9(3)10;1-7-5-3-4-6-8(7)2;1-3-9-6-5-7(8)10-4-2;1-8-6-4-2-3-5(6)7/h7-8H,5-6H2,1-4H3;3-6H,1-2H3;3-6H2,1-2H3;2-4H2,1H3. The minimum Gasteiger partial charge on any atom is -0.466 e. The molecule has 0 radical (unpaired) electrons. The Hall–Kier alpha value is -2.53. The predicted molar refractivity (Wildman–Crippen MR) is 150 cm³/mol. The average molecular weight is 558 g/mol. The third-order valence-corrected chi connectivity index (χ3v) is 5.18. The highest BCUT2D eigenvalue weighted by Gasteiger charge is 2.18. The number of carbonyl (C=O) groups is 3. The molecule has 0 N–H and O–H groups in total. The molecule has 1 aliphatic heterocycles. The lowest BCUT2D eigenvalue weighted by atomic mass is 10.1. The highest BCUT2D eigenvalue weighted by atomic mass is 16.7. The average Bonchev–Trinajstić information content (AvgIpc) is 3.34. The summed E-state index contributed by atoms with van der Waals surface area (Å²) in [4.78, 5) is 36.4. The summed E-state index contributed by atoms with van der Waals surface area (Å²) in [6.07, 6.45) is 1.93. The van der Waals surface area contributed by atoms with E-state index in [-0.39, 0.29) is 30.1 Å². The summed E-state index contributed by atoms with van der Waals surface area (Å²) in [5, 5.41) is 1.39. The number of aryl methyl sites for hydroxylation is 2. The van der Waals surface area contributed by atoms with E-state index < -0.39 is 0 Å². The van der Waals surface area contributed by atoms with Crippen LogP contribution in [0.2, 0.25) is 0 Å². The second kappa shape index (κ2) is 25.7. The molecule has 0 aromatic heterocycles. The third-order valence-electron chi connectivity index (χ3n) is 5.18. The summed E-state index contributed by atoms with van der Waals surface area (Å²) in [6, 6.07) is 8.36. The Kier molecular flexibility index (Phi) is 25.5. The van der Waals surface area contributed by atoms with E-state index in [0.717, 1.165) is 13.0 Å². The van der Waals surface area contributed by atoms with Crippen LogP contribution < -0.4 is 0 Å². The van der Waals surface area contributed by atoms with Crippen LogP contribution in [-0.4, -0.2) is 88.9 Å². The molecule has 1 aromatic rings. The van der Waals surface area contributed by atoms with Crippen molar-refractivity contribution in [2.75, 3.05) is 53.8 Å². The zero-order valence-corrected chi connectivity index (χ0v) is 25.4. The zero-order chi connectivity index (χ0) is 30.1. The SMILES string of the molecule is CCOCCC(=O)OCC.COC(C)COC(C)COC(C)=O.CON1CCCC1=O.Cc1ccccc1C. The molecule has 1 saturated heterocycles. The number of carbonyl (C=O) groups excluding carboxylic acids is 3. The summed E-state index contributed by atoms with van der Waals surface area (Å²) in [5.74, 6) is -0.362. The number of ether oxygens (including phenoxy) is 5. The van der Waals surface area contributed by atoms with Crippen LogP contribution in [0.25, 0.3) is 0 Å². The summed E-state index contributed by atoms with van der Waals surface area (Å²) < 4.78 is 24.7. The molecule has 2 unspecified atom stereocenters. The van der Waals surface area contributed by atoms with Gasteiger partial charge in [-0.15, -0.1) is 0 Å². The maximum atomic E-state index is 10.6. The topological polar surface area (TPSA) is 110 Å². The summed E-state index contributed by atoms with van der Waals surface area (Å²) >= 11 is 0. The first kappa shape index (κ1) is 38.6. The van der Waals surface area contributed by atoms with Gasteiger partial charge in [0.2, 0.25) is 5.91 Å². The molecule has 2 atom stereocenters. The summed E-state index contributed by atoms with van der Waals surface area (Å²) in [7, 11) is 3.15. The van der Waals surface area contributed by atoms with Gasteiger partial charge in [0.15, 0.2) is 0 Å². The molecule has 0 aliphatic carbocycles. The van der Waals surface area contributed by atoms with Crippen LogP contribution in [0.4, 0.5) is 0 Å². The smallest absolute Gasteiger partial charge is 0.308 e. The molecule has 0 saturated carbocycles. The van der Waals surface area contributed by atoms with E-state index in [1.165, 1.54) is 30.2 Å². The number of hydrogen-bond donors (Lipinski definition) is 0. The van der Waals surface area contributed by atoms with Crippen molar-refractivity contribution in [3.05, 3.63) is 35.4 Å². The highest BCUT2D eigenvalue weighted by molar-refractivity contribution is 5.76. The first-order valence-corrected chi connectivity index (χ1v) is 13.4. The van der Waals surface area contributed by atoms with Crippen molar-refractivity contribution in [2.24, 2.45) is 0 Å². The van der Waals surface area contributed by atoms with Gasteiger partial charge in [-0.25, -0.2) is 5.06 Å². The predicted octanol–water partition coefficient (Wildman–Crippen LogP) is 4.44. The van der Waals surface area contributed by atoms with E-state index in [1.54, 1.807) is 14.0 Å². The van der Waals surface area contributed by atoms with Crippen LogP contribution in [0.15, 0.2) is 24.3 Å². The van der Waals surface area contributed by atoms with Crippen LogP contribution >= 0.6 is 0 Å². The number of rotatable bonds is 12. The molecule has 1 heterocycles. The van der Waals surface area contributed by atoms with E-state index in [0.29, 0.717) is 45.9 Å². The molecule has 0 bridgehead atoms. The number of benzene rings is 1. The van der Waals surface area contributed by atoms with E-state index in [2.05, 4.69) is 42.8 Å². The third kappa shape index (κ3) is 24.3. The molecule has 1 aliphatic rings. The van der Waals surface area contributed by atoms with Gasteiger partial charge < -0.3 is 23.7 Å². The molecule has 1 aromatic carbocycles. The van der Waals surface area contributed by atoms with Crippen molar-refractivity contribution >= 4 is 17.8 Å². The van der Waals surface area contributed by atoms with Gasteiger partial charge in [0.1, 0.15) is 6.61 Å². The van der Waals surface area contributed by atoms with Crippen LogP contribution in [0.1, 0.15) is 65.0 Å². The van der Waals surface area contributed by atoms with Gasteiger partial charge >= 0.3 is 11.9 Å². The summed E-state index contributed by atoms with van der Waals surface area (Å²) in [6.45, 7) is 16.2. The first-order chi connectivity index (χ1) is 18.5. The molecule has 2 rings (SSSR count). The monoisotopic (exact) mass is 557 g/mol. The largest absolute Gasteiger partial charge is 0.466 e. The van der Waals surface area contributed by atoms with Gasteiger partial charge in [-0.05, 0) is 59.1 Å². The normalized spacial score (nSPS) is 13.5. The Bertz CT molecular complexity index is 752. The molecular weight excluding hydrogens is 506 g/mol. The van der Waals surface area contributed by atoms with Crippen molar-refractivity contribution in [2.45, 2.75) is 79.9 Å². The lowest BCUT2D eigenvalue weighted by Crippen LogP contribution is -2.23. The fraction of sp³-hybridized carbons (Fsp3) is 0.690. The van der Waals surface area contributed by atoms with Gasteiger partial charge in [-0.1, -0.05) is 24.3 Å². The van der Waals surface area contributed by atoms with Crippen molar-refractivity contribution < 1.29 is 42.9 Å². The number of hydrogen-bond acceptors (Lipinski definition) is 9. The highest BCUT2D eigenvalue weighted by Crippen LogP contribution is 2.07. The minimum atomic E-state index is -0.282. The summed E-state index contributed by atoms with van der Waals surface area (Å²) in [5.41, 5.74) is 2.74. The van der Waals surface area contributed by atoms with Gasteiger partial charge in [-0.3, -0.25) is 19.2 Å². The van der Waals surface area contributed by atoms with Crippen LogP contribution in [0.3, 0.4) is 0 Å².